The number of hydrogen-bond donors (Lipinski definition) is 1. The van der Waals surface area contributed by atoms with Crippen LogP contribution >= 0.6 is 22.9 Å². The van der Waals surface area contributed by atoms with Crippen LogP contribution in [0, 0.1) is 5.82 Å². The molecule has 3 rings (SSSR count). The summed E-state index contributed by atoms with van der Waals surface area (Å²) in [6, 6.07) is 7.20. The molecule has 0 radical (unpaired) electrons. The first-order chi connectivity index (χ1) is 9.67. The molecule has 1 aromatic carbocycles. The maximum atomic E-state index is 13.9. The molecule has 0 bridgehead atoms. The van der Waals surface area contributed by atoms with Crippen LogP contribution in [-0.2, 0) is 19.3 Å². The van der Waals surface area contributed by atoms with E-state index in [2.05, 4.69) is 11.4 Å². The zero-order valence-electron chi connectivity index (χ0n) is 11.4. The molecule has 0 fully saturated rings. The van der Waals surface area contributed by atoms with Crippen LogP contribution in [0.1, 0.15) is 33.3 Å². The first kappa shape index (κ1) is 14.1. The van der Waals surface area contributed by atoms with Crippen molar-refractivity contribution in [2.45, 2.75) is 31.7 Å². The Bertz CT molecular complexity index is 601. The summed E-state index contributed by atoms with van der Waals surface area (Å²) in [5.74, 6) is -0.182. The summed E-state index contributed by atoms with van der Waals surface area (Å²) in [4.78, 5) is 2.81. The highest BCUT2D eigenvalue weighted by atomic mass is 35.5. The summed E-state index contributed by atoms with van der Waals surface area (Å²) < 4.78 is 13.9. The highest BCUT2D eigenvalue weighted by molar-refractivity contribution is 7.12. The van der Waals surface area contributed by atoms with Crippen LogP contribution in [0.15, 0.2) is 24.3 Å². The van der Waals surface area contributed by atoms with Crippen molar-refractivity contribution in [1.29, 1.82) is 0 Å². The van der Waals surface area contributed by atoms with E-state index in [9.17, 15) is 4.39 Å². The number of thiophene rings is 1. The molecule has 0 aliphatic heterocycles. The van der Waals surface area contributed by atoms with Gasteiger partial charge >= 0.3 is 0 Å². The van der Waals surface area contributed by atoms with E-state index < -0.39 is 0 Å². The maximum Gasteiger partial charge on any atom is 0.126 e. The second-order valence-corrected chi connectivity index (χ2v) is 6.84. The number of fused-ring (bicyclic) bond motifs is 1. The minimum atomic E-state index is -0.182. The maximum absolute atomic E-state index is 13.9. The number of rotatable bonds is 4. The van der Waals surface area contributed by atoms with Crippen molar-refractivity contribution >= 4 is 22.9 Å². The molecule has 0 saturated carbocycles. The number of benzene rings is 1. The molecular formula is C16H17ClFNS. The van der Waals surface area contributed by atoms with Gasteiger partial charge in [-0.05, 0) is 68.1 Å². The van der Waals surface area contributed by atoms with Gasteiger partial charge in [-0.25, -0.2) is 4.39 Å². The van der Waals surface area contributed by atoms with Crippen molar-refractivity contribution in [3.63, 3.8) is 0 Å². The van der Waals surface area contributed by atoms with Crippen LogP contribution in [0.5, 0.6) is 0 Å². The summed E-state index contributed by atoms with van der Waals surface area (Å²) >= 11 is 7.83. The lowest BCUT2D eigenvalue weighted by Gasteiger charge is -2.15. The van der Waals surface area contributed by atoms with E-state index in [1.807, 2.05) is 18.4 Å². The number of hydrogen-bond acceptors (Lipinski definition) is 2. The molecule has 1 aliphatic carbocycles. The van der Waals surface area contributed by atoms with Crippen molar-refractivity contribution in [3.8, 4) is 0 Å². The first-order valence-corrected chi connectivity index (χ1v) is 8.09. The zero-order chi connectivity index (χ0) is 14.1. The molecule has 1 heterocycles. The lowest BCUT2D eigenvalue weighted by atomic mass is 10.0. The van der Waals surface area contributed by atoms with E-state index >= 15 is 0 Å². The minimum absolute atomic E-state index is 0.151. The van der Waals surface area contributed by atoms with Crippen LogP contribution in [0.2, 0.25) is 5.02 Å². The summed E-state index contributed by atoms with van der Waals surface area (Å²) in [5, 5.41) is 3.89. The Labute approximate surface area is 127 Å². The van der Waals surface area contributed by atoms with Crippen molar-refractivity contribution in [1.82, 2.24) is 5.32 Å². The van der Waals surface area contributed by atoms with Gasteiger partial charge in [0.2, 0.25) is 0 Å². The normalized spacial score (nSPS) is 15.3. The van der Waals surface area contributed by atoms with Gasteiger partial charge in [-0.3, -0.25) is 0 Å². The van der Waals surface area contributed by atoms with E-state index in [0.717, 1.165) is 0 Å². The van der Waals surface area contributed by atoms with Crippen LogP contribution < -0.4 is 5.32 Å². The van der Waals surface area contributed by atoms with Gasteiger partial charge in [0.05, 0.1) is 0 Å². The fourth-order valence-corrected chi connectivity index (χ4v) is 4.35. The number of likely N-dealkylation sites (N-methyl/N-ethyl adjacent to an activating group) is 1. The molecule has 1 N–H and O–H groups in total. The molecule has 4 heteroatoms. The molecule has 20 heavy (non-hydrogen) atoms. The summed E-state index contributed by atoms with van der Waals surface area (Å²) in [7, 11) is 1.93. The Morgan fingerprint density at radius 1 is 1.35 bits per heavy atom. The molecule has 0 amide bonds. The van der Waals surface area contributed by atoms with Gasteiger partial charge < -0.3 is 5.32 Å². The van der Waals surface area contributed by atoms with E-state index in [1.54, 1.807) is 12.1 Å². The molecule has 1 aromatic heterocycles. The van der Waals surface area contributed by atoms with Crippen molar-refractivity contribution in [3.05, 3.63) is 56.0 Å². The SMILES string of the molecule is CNC(Cc1cc(Cl)ccc1F)c1cc2c(s1)CCC2. The molecule has 1 aliphatic rings. The smallest absolute Gasteiger partial charge is 0.126 e. The average Bonchev–Trinajstić information content (AvgIpc) is 3.00. The van der Waals surface area contributed by atoms with Crippen molar-refractivity contribution < 1.29 is 4.39 Å². The molecule has 0 saturated heterocycles. The van der Waals surface area contributed by atoms with Gasteiger partial charge in [0.1, 0.15) is 5.82 Å². The largest absolute Gasteiger partial charge is 0.312 e. The fourth-order valence-electron chi connectivity index (χ4n) is 2.79. The minimum Gasteiger partial charge on any atom is -0.312 e. The molecule has 0 spiro atoms. The third kappa shape index (κ3) is 2.76. The summed E-state index contributed by atoms with van der Waals surface area (Å²) in [6.45, 7) is 0. The zero-order valence-corrected chi connectivity index (χ0v) is 13.0. The number of halogens is 2. The third-order valence-corrected chi connectivity index (χ3v) is 5.48. The summed E-state index contributed by atoms with van der Waals surface area (Å²) in [5.41, 5.74) is 2.15. The lowest BCUT2D eigenvalue weighted by molar-refractivity contribution is 0.559. The average molecular weight is 310 g/mol. The number of nitrogens with one attached hydrogen (secondary N) is 1. The topological polar surface area (TPSA) is 12.0 Å². The van der Waals surface area contributed by atoms with E-state index in [4.69, 9.17) is 11.6 Å². The third-order valence-electron chi connectivity index (χ3n) is 3.89. The van der Waals surface area contributed by atoms with Gasteiger partial charge in [-0.1, -0.05) is 11.6 Å². The van der Waals surface area contributed by atoms with Gasteiger partial charge in [0.25, 0.3) is 0 Å². The molecule has 1 nitrogen and oxygen atoms in total. The first-order valence-electron chi connectivity index (χ1n) is 6.90. The van der Waals surface area contributed by atoms with Crippen LogP contribution in [-0.4, -0.2) is 7.05 Å². The monoisotopic (exact) mass is 309 g/mol. The van der Waals surface area contributed by atoms with Gasteiger partial charge in [0, 0.05) is 20.8 Å². The lowest BCUT2D eigenvalue weighted by Crippen LogP contribution is -2.18. The fraction of sp³-hybridized carbons (Fsp3) is 0.375. The Balaban J connectivity index is 1.84. The quantitative estimate of drug-likeness (QED) is 0.875. The van der Waals surface area contributed by atoms with E-state index in [1.165, 1.54) is 40.6 Å². The highest BCUT2D eigenvalue weighted by Crippen LogP contribution is 2.35. The second-order valence-electron chi connectivity index (χ2n) is 5.23. The predicted molar refractivity (Wildman–Crippen MR) is 83.3 cm³/mol. The van der Waals surface area contributed by atoms with Crippen molar-refractivity contribution in [2.75, 3.05) is 7.05 Å². The Kier molecular flexibility index (Phi) is 4.11. The molecule has 1 atom stereocenters. The Morgan fingerprint density at radius 3 is 2.95 bits per heavy atom. The van der Waals surface area contributed by atoms with Gasteiger partial charge in [0.15, 0.2) is 0 Å². The highest BCUT2D eigenvalue weighted by Gasteiger charge is 2.20. The van der Waals surface area contributed by atoms with Gasteiger partial charge in [-0.15, -0.1) is 11.3 Å². The molecular weight excluding hydrogens is 293 g/mol. The second kappa shape index (κ2) is 5.84. The van der Waals surface area contributed by atoms with Crippen molar-refractivity contribution in [2.24, 2.45) is 0 Å². The van der Waals surface area contributed by atoms with Crippen LogP contribution in [0.3, 0.4) is 0 Å². The summed E-state index contributed by atoms with van der Waals surface area (Å²) in [6.07, 6.45) is 4.28. The van der Waals surface area contributed by atoms with E-state index in [0.29, 0.717) is 17.0 Å². The van der Waals surface area contributed by atoms with Crippen LogP contribution in [0.25, 0.3) is 0 Å². The van der Waals surface area contributed by atoms with E-state index in [-0.39, 0.29) is 11.9 Å². The Morgan fingerprint density at radius 2 is 2.20 bits per heavy atom. The predicted octanol–water partition coefficient (Wildman–Crippen LogP) is 4.53. The molecule has 106 valence electrons. The molecule has 2 aromatic rings. The number of aryl methyl sites for hydroxylation is 2. The Hall–Kier alpha value is -0.900. The van der Waals surface area contributed by atoms with Gasteiger partial charge in [-0.2, -0.15) is 0 Å². The van der Waals surface area contributed by atoms with Crippen LogP contribution in [0.4, 0.5) is 4.39 Å². The molecule has 1 unspecified atom stereocenters. The standard InChI is InChI=1S/C16H17ClFNS/c1-19-14(8-11-7-12(17)5-6-13(11)18)16-9-10-3-2-4-15(10)20-16/h5-7,9,14,19H,2-4,8H2,1H3.